The molecule has 1 aliphatic carbocycles. The molecule has 0 N–H and O–H groups in total. The Morgan fingerprint density at radius 3 is 2.73 bits per heavy atom. The Morgan fingerprint density at radius 1 is 1.15 bits per heavy atom. The molecule has 0 unspecified atom stereocenters. The van der Waals surface area contributed by atoms with Gasteiger partial charge < -0.3 is 14.4 Å². The fourth-order valence-electron chi connectivity index (χ4n) is 3.92. The van der Waals surface area contributed by atoms with Gasteiger partial charge in [0.15, 0.2) is 11.5 Å². The van der Waals surface area contributed by atoms with Gasteiger partial charge in [0.25, 0.3) is 0 Å². The van der Waals surface area contributed by atoms with Crippen molar-refractivity contribution in [1.29, 1.82) is 0 Å². The van der Waals surface area contributed by atoms with E-state index in [2.05, 4.69) is 11.1 Å². The van der Waals surface area contributed by atoms with Gasteiger partial charge in [0.1, 0.15) is 0 Å². The largest absolute Gasteiger partial charge is 0.493 e. The molecule has 4 rings (SSSR count). The monoisotopic (exact) mass is 352 g/mol. The van der Waals surface area contributed by atoms with Crippen LogP contribution in [0.1, 0.15) is 43.6 Å². The molecule has 5 heteroatoms. The number of aromatic nitrogens is 1. The molecule has 1 aromatic carbocycles. The van der Waals surface area contributed by atoms with Crippen LogP contribution >= 0.6 is 0 Å². The van der Waals surface area contributed by atoms with Crippen molar-refractivity contribution in [1.82, 2.24) is 4.98 Å². The highest BCUT2D eigenvalue weighted by Crippen LogP contribution is 2.37. The molecular formula is C21H24N2O3. The molecule has 2 aliphatic rings. The molecule has 1 saturated heterocycles. The number of carbonyl (C=O) groups is 1. The quantitative estimate of drug-likeness (QED) is 0.818. The SMILES string of the molecule is COc1ccc([C@H]2CC(=O)N(c3cccnc3)C2)cc1OC1CCCC1. The van der Waals surface area contributed by atoms with Crippen molar-refractivity contribution in [3.8, 4) is 11.5 Å². The van der Waals surface area contributed by atoms with Gasteiger partial charge in [-0.2, -0.15) is 0 Å². The lowest BCUT2D eigenvalue weighted by molar-refractivity contribution is -0.117. The van der Waals surface area contributed by atoms with Crippen LogP contribution in [0.2, 0.25) is 0 Å². The van der Waals surface area contributed by atoms with Crippen LogP contribution in [0.3, 0.4) is 0 Å². The Bertz CT molecular complexity index is 772. The molecule has 1 atom stereocenters. The highest BCUT2D eigenvalue weighted by molar-refractivity contribution is 5.96. The summed E-state index contributed by atoms with van der Waals surface area (Å²) in [7, 11) is 1.67. The first kappa shape index (κ1) is 16.9. The molecule has 2 heterocycles. The number of amides is 1. The van der Waals surface area contributed by atoms with E-state index < -0.39 is 0 Å². The number of benzene rings is 1. The zero-order valence-electron chi connectivity index (χ0n) is 15.1. The van der Waals surface area contributed by atoms with Gasteiger partial charge in [-0.05, 0) is 55.5 Å². The maximum absolute atomic E-state index is 12.5. The van der Waals surface area contributed by atoms with Crippen LogP contribution in [-0.4, -0.2) is 30.6 Å². The third-order valence-electron chi connectivity index (χ3n) is 5.34. The second kappa shape index (κ2) is 7.36. The van der Waals surface area contributed by atoms with Crippen LogP contribution < -0.4 is 14.4 Å². The molecule has 1 aromatic heterocycles. The van der Waals surface area contributed by atoms with Crippen molar-refractivity contribution in [2.75, 3.05) is 18.6 Å². The molecule has 136 valence electrons. The van der Waals surface area contributed by atoms with Crippen LogP contribution in [0, 0.1) is 0 Å². The maximum atomic E-state index is 12.5. The van der Waals surface area contributed by atoms with Gasteiger partial charge in [0.05, 0.1) is 25.1 Å². The van der Waals surface area contributed by atoms with E-state index in [4.69, 9.17) is 9.47 Å². The standard InChI is InChI=1S/C21H24N2O3/c1-25-19-9-8-15(11-20(19)26-18-6-2-3-7-18)16-12-21(24)23(14-16)17-5-4-10-22-13-17/h4-5,8-11,13,16,18H,2-3,6-7,12,14H2,1H3/t16-/m0/s1. The summed E-state index contributed by atoms with van der Waals surface area (Å²) in [6.07, 6.45) is 8.89. The summed E-state index contributed by atoms with van der Waals surface area (Å²) >= 11 is 0. The summed E-state index contributed by atoms with van der Waals surface area (Å²) < 4.78 is 11.7. The molecule has 0 bridgehead atoms. The Labute approximate surface area is 153 Å². The van der Waals surface area contributed by atoms with Crippen molar-refractivity contribution >= 4 is 11.6 Å². The van der Waals surface area contributed by atoms with Crippen molar-refractivity contribution in [3.05, 3.63) is 48.3 Å². The second-order valence-electron chi connectivity index (χ2n) is 7.05. The Balaban J connectivity index is 1.55. The van der Waals surface area contributed by atoms with Gasteiger partial charge in [0.2, 0.25) is 5.91 Å². The minimum absolute atomic E-state index is 0.136. The number of rotatable bonds is 5. The zero-order valence-corrected chi connectivity index (χ0v) is 15.1. The first-order valence-corrected chi connectivity index (χ1v) is 9.29. The van der Waals surface area contributed by atoms with Crippen LogP contribution in [0.4, 0.5) is 5.69 Å². The molecule has 0 radical (unpaired) electrons. The summed E-state index contributed by atoms with van der Waals surface area (Å²) in [6.45, 7) is 0.666. The Morgan fingerprint density at radius 2 is 2.00 bits per heavy atom. The van der Waals surface area contributed by atoms with E-state index in [-0.39, 0.29) is 17.9 Å². The summed E-state index contributed by atoms with van der Waals surface area (Å²) in [6, 6.07) is 9.84. The molecular weight excluding hydrogens is 328 g/mol. The van der Waals surface area contributed by atoms with E-state index in [0.29, 0.717) is 13.0 Å². The predicted octanol–water partition coefficient (Wildman–Crippen LogP) is 3.93. The summed E-state index contributed by atoms with van der Waals surface area (Å²) in [4.78, 5) is 18.4. The van der Waals surface area contributed by atoms with Crippen molar-refractivity contribution < 1.29 is 14.3 Å². The molecule has 2 aromatic rings. The Hall–Kier alpha value is -2.56. The van der Waals surface area contributed by atoms with Gasteiger partial charge in [-0.25, -0.2) is 0 Å². The minimum atomic E-state index is 0.136. The fourth-order valence-corrected chi connectivity index (χ4v) is 3.92. The third kappa shape index (κ3) is 3.39. The third-order valence-corrected chi connectivity index (χ3v) is 5.34. The Kier molecular flexibility index (Phi) is 4.78. The van der Waals surface area contributed by atoms with E-state index in [1.165, 1.54) is 12.8 Å². The average molecular weight is 352 g/mol. The van der Waals surface area contributed by atoms with Gasteiger partial charge in [-0.1, -0.05) is 6.07 Å². The van der Waals surface area contributed by atoms with Gasteiger partial charge >= 0.3 is 0 Å². The highest BCUT2D eigenvalue weighted by atomic mass is 16.5. The molecule has 0 spiro atoms. The average Bonchev–Trinajstić information content (AvgIpc) is 3.32. The van der Waals surface area contributed by atoms with E-state index in [1.54, 1.807) is 19.5 Å². The number of carbonyl (C=O) groups excluding carboxylic acids is 1. The van der Waals surface area contributed by atoms with Crippen LogP contribution in [0.25, 0.3) is 0 Å². The van der Waals surface area contributed by atoms with E-state index in [9.17, 15) is 4.79 Å². The molecule has 1 amide bonds. The number of methoxy groups -OCH3 is 1. The first-order chi connectivity index (χ1) is 12.7. The molecule has 1 saturated carbocycles. The lowest BCUT2D eigenvalue weighted by Gasteiger charge is -2.19. The van der Waals surface area contributed by atoms with Gasteiger partial charge in [-0.3, -0.25) is 9.78 Å². The lowest BCUT2D eigenvalue weighted by Crippen LogP contribution is -2.24. The van der Waals surface area contributed by atoms with Crippen molar-refractivity contribution in [3.63, 3.8) is 0 Å². The summed E-state index contributed by atoms with van der Waals surface area (Å²) in [5.41, 5.74) is 1.98. The lowest BCUT2D eigenvalue weighted by atomic mass is 9.98. The summed E-state index contributed by atoms with van der Waals surface area (Å²) in [5.74, 6) is 1.84. The van der Waals surface area contributed by atoms with Crippen LogP contribution in [-0.2, 0) is 4.79 Å². The van der Waals surface area contributed by atoms with Crippen molar-refractivity contribution in [2.24, 2.45) is 0 Å². The van der Waals surface area contributed by atoms with Crippen LogP contribution in [0.5, 0.6) is 11.5 Å². The van der Waals surface area contributed by atoms with E-state index in [1.807, 2.05) is 29.2 Å². The second-order valence-corrected chi connectivity index (χ2v) is 7.05. The number of nitrogens with zero attached hydrogens (tertiary/aromatic N) is 2. The number of hydrogen-bond donors (Lipinski definition) is 0. The van der Waals surface area contributed by atoms with E-state index >= 15 is 0 Å². The molecule has 5 nitrogen and oxygen atoms in total. The number of anilines is 1. The van der Waals surface area contributed by atoms with Gasteiger partial charge in [0, 0.05) is 25.1 Å². The number of ether oxygens (including phenoxy) is 2. The molecule has 26 heavy (non-hydrogen) atoms. The predicted molar refractivity (Wildman–Crippen MR) is 99.8 cm³/mol. The zero-order chi connectivity index (χ0) is 17.9. The normalized spacial score (nSPS) is 20.6. The molecule has 2 fully saturated rings. The first-order valence-electron chi connectivity index (χ1n) is 9.29. The molecule has 1 aliphatic heterocycles. The topological polar surface area (TPSA) is 51.7 Å². The highest BCUT2D eigenvalue weighted by Gasteiger charge is 2.32. The maximum Gasteiger partial charge on any atom is 0.227 e. The number of pyridine rings is 1. The van der Waals surface area contributed by atoms with Crippen LogP contribution in [0.15, 0.2) is 42.7 Å². The fraction of sp³-hybridized carbons (Fsp3) is 0.429. The summed E-state index contributed by atoms with van der Waals surface area (Å²) in [5, 5.41) is 0. The number of hydrogen-bond acceptors (Lipinski definition) is 4. The minimum Gasteiger partial charge on any atom is -0.493 e. The van der Waals surface area contributed by atoms with Crippen molar-refractivity contribution in [2.45, 2.75) is 44.1 Å². The van der Waals surface area contributed by atoms with E-state index in [0.717, 1.165) is 35.6 Å². The van der Waals surface area contributed by atoms with Gasteiger partial charge in [-0.15, -0.1) is 0 Å². The smallest absolute Gasteiger partial charge is 0.227 e.